The molecule has 3 rings (SSSR count). The van der Waals surface area contributed by atoms with Crippen molar-refractivity contribution < 1.29 is 23.7 Å². The first kappa shape index (κ1) is 31.5. The highest BCUT2D eigenvalue weighted by Crippen LogP contribution is 2.43. The molecular weight excluding hydrogens is 506 g/mol. The molecule has 0 aliphatic carbocycles. The van der Waals surface area contributed by atoms with E-state index in [1.165, 1.54) is 0 Å². The molecule has 1 unspecified atom stereocenters. The van der Waals surface area contributed by atoms with Crippen LogP contribution >= 0.6 is 12.4 Å². The minimum Gasteiger partial charge on any atom is -0.493 e. The normalized spacial score (nSPS) is 15.4. The zero-order chi connectivity index (χ0) is 27.2. The number of benzene rings is 1. The van der Waals surface area contributed by atoms with Crippen molar-refractivity contribution in [3.8, 4) is 29.1 Å². The quantitative estimate of drug-likeness (QED) is 0.339. The van der Waals surface area contributed by atoms with Gasteiger partial charge in [-0.2, -0.15) is 5.26 Å². The smallest absolute Gasteiger partial charge is 0.205 e. The number of pyridine rings is 1. The van der Waals surface area contributed by atoms with Crippen LogP contribution in [0.4, 0.5) is 0 Å². The van der Waals surface area contributed by atoms with Gasteiger partial charge < -0.3 is 28.6 Å². The summed E-state index contributed by atoms with van der Waals surface area (Å²) in [6, 6.07) is 6.64. The van der Waals surface area contributed by atoms with E-state index in [9.17, 15) is 5.26 Å². The predicted octanol–water partition coefficient (Wildman–Crippen LogP) is 5.61. The minimum atomic E-state index is -0.717. The predicted molar refractivity (Wildman–Crippen MR) is 150 cm³/mol. The number of hydrogen-bond acceptors (Lipinski definition) is 8. The van der Waals surface area contributed by atoms with Crippen molar-refractivity contribution in [1.82, 2.24) is 9.88 Å². The van der Waals surface area contributed by atoms with Crippen molar-refractivity contribution in [2.45, 2.75) is 71.2 Å². The second-order valence-electron chi connectivity index (χ2n) is 10.1. The maximum atomic E-state index is 10.5. The molecule has 1 aliphatic heterocycles. The van der Waals surface area contributed by atoms with E-state index in [2.05, 4.69) is 29.9 Å². The van der Waals surface area contributed by atoms with E-state index in [1.54, 1.807) is 21.3 Å². The van der Waals surface area contributed by atoms with Crippen LogP contribution in [0.25, 0.3) is 0 Å². The number of aryl methyl sites for hydroxylation is 1. The van der Waals surface area contributed by atoms with Crippen LogP contribution < -0.4 is 18.9 Å². The van der Waals surface area contributed by atoms with Gasteiger partial charge in [0, 0.05) is 32.2 Å². The molecule has 2 heterocycles. The Morgan fingerprint density at radius 3 is 2.32 bits per heavy atom. The minimum absolute atomic E-state index is 0. The lowest BCUT2D eigenvalue weighted by Crippen LogP contribution is -2.38. The Morgan fingerprint density at radius 2 is 1.76 bits per heavy atom. The first-order chi connectivity index (χ1) is 17.6. The second kappa shape index (κ2) is 13.4. The average molecular weight is 548 g/mol. The number of nitrogens with zero attached hydrogens (tertiary/aromatic N) is 3. The highest BCUT2D eigenvalue weighted by atomic mass is 35.5. The molecular formula is C29H42ClN3O5. The number of rotatable bonds is 12. The average Bonchev–Trinajstić information content (AvgIpc) is 2.89. The highest BCUT2D eigenvalue weighted by Gasteiger charge is 2.39. The van der Waals surface area contributed by atoms with Crippen molar-refractivity contribution in [3.05, 3.63) is 40.7 Å². The van der Waals surface area contributed by atoms with Gasteiger partial charge in [0.15, 0.2) is 11.5 Å². The molecule has 9 heteroatoms. The molecule has 210 valence electrons. The Morgan fingerprint density at radius 1 is 1.11 bits per heavy atom. The number of aromatic nitrogens is 1. The fourth-order valence-corrected chi connectivity index (χ4v) is 4.94. The van der Waals surface area contributed by atoms with E-state index in [0.29, 0.717) is 30.3 Å². The molecule has 0 spiro atoms. The molecule has 0 bridgehead atoms. The van der Waals surface area contributed by atoms with Gasteiger partial charge >= 0.3 is 0 Å². The number of likely N-dealkylation sites (N-methyl/N-ethyl adjacent to an activating group) is 1. The lowest BCUT2D eigenvalue weighted by molar-refractivity contribution is -0.181. The summed E-state index contributed by atoms with van der Waals surface area (Å²) in [4.78, 5) is 6.88. The van der Waals surface area contributed by atoms with E-state index in [-0.39, 0.29) is 12.4 Å². The Balaban J connectivity index is 0.00000507. The Kier molecular flexibility index (Phi) is 11.1. The number of nitriles is 1. The lowest BCUT2D eigenvalue weighted by atomic mass is 9.73. The van der Waals surface area contributed by atoms with E-state index in [4.69, 9.17) is 23.7 Å². The fourth-order valence-electron chi connectivity index (χ4n) is 4.94. The summed E-state index contributed by atoms with van der Waals surface area (Å²) in [5.74, 6) is 1.92. The van der Waals surface area contributed by atoms with Crippen molar-refractivity contribution in [2.24, 2.45) is 0 Å². The monoisotopic (exact) mass is 547 g/mol. The van der Waals surface area contributed by atoms with Crippen LogP contribution in [0.2, 0.25) is 0 Å². The van der Waals surface area contributed by atoms with Crippen molar-refractivity contribution in [2.75, 3.05) is 41.5 Å². The summed E-state index contributed by atoms with van der Waals surface area (Å²) in [7, 11) is 6.94. The van der Waals surface area contributed by atoms with Crippen LogP contribution in [-0.2, 0) is 23.2 Å². The largest absolute Gasteiger partial charge is 0.493 e. The van der Waals surface area contributed by atoms with Crippen molar-refractivity contribution in [1.29, 1.82) is 5.26 Å². The van der Waals surface area contributed by atoms with E-state index >= 15 is 0 Å². The molecule has 1 atom stereocenters. The maximum absolute atomic E-state index is 10.5. The van der Waals surface area contributed by atoms with Gasteiger partial charge in [-0.05, 0) is 63.0 Å². The number of fused-ring (bicyclic) bond motifs is 1. The van der Waals surface area contributed by atoms with Crippen LogP contribution in [0.15, 0.2) is 18.3 Å². The zero-order valence-corrected chi connectivity index (χ0v) is 24.8. The number of halogens is 1. The summed E-state index contributed by atoms with van der Waals surface area (Å²) in [6.07, 6.45) is 4.97. The topological polar surface area (TPSA) is 86.1 Å². The molecule has 1 aromatic carbocycles. The lowest BCUT2D eigenvalue weighted by Gasteiger charge is -2.37. The van der Waals surface area contributed by atoms with Gasteiger partial charge in [-0.1, -0.05) is 13.3 Å². The zero-order valence-electron chi connectivity index (χ0n) is 24.0. The van der Waals surface area contributed by atoms with Gasteiger partial charge in [0.1, 0.15) is 5.75 Å². The summed E-state index contributed by atoms with van der Waals surface area (Å²) in [5.41, 5.74) is 3.11. The summed E-state index contributed by atoms with van der Waals surface area (Å²) in [6.45, 7) is 9.83. The molecule has 0 amide bonds. The van der Waals surface area contributed by atoms with Gasteiger partial charge in [-0.15, -0.1) is 12.4 Å². The molecule has 8 nitrogen and oxygen atoms in total. The van der Waals surface area contributed by atoms with E-state index in [0.717, 1.165) is 60.5 Å². The molecule has 0 radical (unpaired) electrons. The molecule has 38 heavy (non-hydrogen) atoms. The standard InChI is InChI=1S/C29H41N3O5.ClH/c1-9-11-29(19-30,23-17-31-20(2)26-22(23)18-36-28(3,4)37-26)12-14-32(5)13-10-21-15-24(33-6)27(35-8)25(16-21)34-7;/h15-17H,9-14,18H2,1-8H3;1H. The molecule has 1 aliphatic rings. The third-order valence-corrected chi connectivity index (χ3v) is 7.06. The molecule has 0 N–H and O–H groups in total. The van der Waals surface area contributed by atoms with Gasteiger partial charge in [0.25, 0.3) is 0 Å². The van der Waals surface area contributed by atoms with Crippen LogP contribution in [-0.4, -0.2) is 57.1 Å². The Bertz CT molecular complexity index is 1110. The molecule has 2 aromatic rings. The summed E-state index contributed by atoms with van der Waals surface area (Å²) < 4.78 is 28.5. The van der Waals surface area contributed by atoms with Gasteiger partial charge in [0.2, 0.25) is 11.5 Å². The van der Waals surface area contributed by atoms with E-state index in [1.807, 2.05) is 39.1 Å². The van der Waals surface area contributed by atoms with Crippen LogP contribution in [0.5, 0.6) is 23.0 Å². The summed E-state index contributed by atoms with van der Waals surface area (Å²) >= 11 is 0. The first-order valence-electron chi connectivity index (χ1n) is 12.8. The molecule has 0 saturated heterocycles. The van der Waals surface area contributed by atoms with Gasteiger partial charge in [0.05, 0.1) is 45.1 Å². The van der Waals surface area contributed by atoms with Crippen LogP contribution in [0.3, 0.4) is 0 Å². The number of ether oxygens (including phenoxy) is 5. The first-order valence-corrected chi connectivity index (χ1v) is 12.8. The highest BCUT2D eigenvalue weighted by molar-refractivity contribution is 5.85. The summed E-state index contributed by atoms with van der Waals surface area (Å²) in [5, 5.41) is 10.5. The van der Waals surface area contributed by atoms with Gasteiger partial charge in [-0.25, -0.2) is 0 Å². The Labute approximate surface area is 233 Å². The van der Waals surface area contributed by atoms with Crippen LogP contribution in [0.1, 0.15) is 62.4 Å². The Hall–Kier alpha value is -2.73. The molecule has 0 saturated carbocycles. The van der Waals surface area contributed by atoms with Crippen LogP contribution in [0, 0.1) is 18.3 Å². The number of methoxy groups -OCH3 is 3. The van der Waals surface area contributed by atoms with Crippen molar-refractivity contribution >= 4 is 12.4 Å². The fraction of sp³-hybridized carbons (Fsp3) is 0.586. The second-order valence-corrected chi connectivity index (χ2v) is 10.1. The molecule has 0 fully saturated rings. The molecule has 1 aromatic heterocycles. The third-order valence-electron chi connectivity index (χ3n) is 7.06. The SMILES string of the molecule is CCCC(C#N)(CCN(C)CCc1cc(OC)c(OC)c(OC)c1)c1cnc(C)c2c1COC(C)(C)O2.Cl. The maximum Gasteiger partial charge on any atom is 0.205 e. The van der Waals surface area contributed by atoms with Crippen molar-refractivity contribution in [3.63, 3.8) is 0 Å². The third kappa shape index (κ3) is 6.82. The van der Waals surface area contributed by atoms with E-state index < -0.39 is 11.2 Å². The van der Waals surface area contributed by atoms with Gasteiger partial charge in [-0.3, -0.25) is 4.98 Å². The number of hydrogen-bond donors (Lipinski definition) is 0.